The maximum absolute atomic E-state index is 14.8. The van der Waals surface area contributed by atoms with E-state index in [0.29, 0.717) is 32.8 Å². The number of ether oxygens (including phenoxy) is 1. The number of thioether (sulfide) groups is 1. The van der Waals surface area contributed by atoms with E-state index in [1.165, 1.54) is 17.8 Å². The van der Waals surface area contributed by atoms with Crippen molar-refractivity contribution < 1.29 is 18.3 Å². The van der Waals surface area contributed by atoms with Crippen LogP contribution >= 0.6 is 11.8 Å². The van der Waals surface area contributed by atoms with Crippen molar-refractivity contribution >= 4 is 40.3 Å². The number of amides is 1. The molecule has 8 heteroatoms. The molecular weight excluding hydrogens is 453 g/mol. The van der Waals surface area contributed by atoms with Crippen LogP contribution in [-0.2, 0) is 11.3 Å². The first kappa shape index (κ1) is 22.3. The van der Waals surface area contributed by atoms with Crippen molar-refractivity contribution in [1.82, 2.24) is 4.90 Å². The number of carbonyl (C=O) groups excluding carboxylic acids is 1. The average molecular weight is 478 g/mol. The zero-order valence-corrected chi connectivity index (χ0v) is 19.6. The lowest BCUT2D eigenvalue weighted by atomic mass is 10.1. The van der Waals surface area contributed by atoms with Crippen LogP contribution < -0.4 is 9.64 Å². The van der Waals surface area contributed by atoms with Crippen LogP contribution in [0, 0.1) is 5.82 Å². The van der Waals surface area contributed by atoms with Crippen LogP contribution in [0.2, 0.25) is 0 Å². The minimum atomic E-state index is -0.272. The van der Waals surface area contributed by atoms with Gasteiger partial charge in [-0.25, -0.2) is 9.38 Å². The number of carbonyl (C=O) groups is 1. The van der Waals surface area contributed by atoms with Gasteiger partial charge in [-0.1, -0.05) is 6.07 Å². The third-order valence-corrected chi connectivity index (χ3v) is 6.80. The SMILES string of the molecule is COc1ccc(N=C2S/C(=C\c3ccc(N4CCCC4)c(F)c3)C(=O)N2Cc2ccco2)cc1. The molecule has 2 aromatic carbocycles. The molecule has 0 radical (unpaired) electrons. The Morgan fingerprint density at radius 2 is 1.94 bits per heavy atom. The van der Waals surface area contributed by atoms with Gasteiger partial charge in [-0.15, -0.1) is 0 Å². The zero-order chi connectivity index (χ0) is 23.5. The molecule has 0 N–H and O–H groups in total. The number of hydrogen-bond donors (Lipinski definition) is 0. The maximum Gasteiger partial charge on any atom is 0.267 e. The van der Waals surface area contributed by atoms with E-state index in [1.807, 2.05) is 36.4 Å². The number of methoxy groups -OCH3 is 1. The minimum absolute atomic E-state index is 0.197. The van der Waals surface area contributed by atoms with Crippen LogP contribution in [0.3, 0.4) is 0 Å². The van der Waals surface area contributed by atoms with Gasteiger partial charge in [0.25, 0.3) is 5.91 Å². The first-order valence-electron chi connectivity index (χ1n) is 11.1. The van der Waals surface area contributed by atoms with Crippen LogP contribution in [-0.4, -0.2) is 36.2 Å². The predicted molar refractivity (Wildman–Crippen MR) is 133 cm³/mol. The van der Waals surface area contributed by atoms with Crippen molar-refractivity contribution in [2.75, 3.05) is 25.1 Å². The van der Waals surface area contributed by atoms with Crippen LogP contribution in [0.1, 0.15) is 24.2 Å². The predicted octanol–water partition coefficient (Wildman–Crippen LogP) is 5.83. The standard InChI is InChI=1S/C26H24FN3O3S/c1-32-20-9-7-19(8-10-20)28-26-30(17-21-5-4-14-33-21)25(31)24(34-26)16-18-6-11-23(22(27)15-18)29-12-2-3-13-29/h4-11,14-16H,2-3,12-13,17H2,1H3/b24-16-,28-26?. The Morgan fingerprint density at radius 1 is 1.15 bits per heavy atom. The Kier molecular flexibility index (Phi) is 6.40. The fraction of sp³-hybridized carbons (Fsp3) is 0.231. The van der Waals surface area contributed by atoms with E-state index in [4.69, 9.17) is 9.15 Å². The quantitative estimate of drug-likeness (QED) is 0.418. The Bertz CT molecular complexity index is 1230. The highest BCUT2D eigenvalue weighted by Crippen LogP contribution is 2.36. The van der Waals surface area contributed by atoms with Gasteiger partial charge in [0.1, 0.15) is 17.3 Å². The first-order valence-corrected chi connectivity index (χ1v) is 11.9. The smallest absolute Gasteiger partial charge is 0.267 e. The molecule has 0 unspecified atom stereocenters. The largest absolute Gasteiger partial charge is 0.497 e. The number of aliphatic imine (C=N–C) groups is 1. The van der Waals surface area contributed by atoms with E-state index in [0.717, 1.165) is 31.7 Å². The third-order valence-electron chi connectivity index (χ3n) is 5.80. The molecule has 0 spiro atoms. The Labute approximate surface area is 201 Å². The molecule has 0 saturated carbocycles. The van der Waals surface area contributed by atoms with Gasteiger partial charge < -0.3 is 14.1 Å². The monoisotopic (exact) mass is 477 g/mol. The molecule has 0 atom stereocenters. The molecule has 174 valence electrons. The normalized spacial score (nSPS) is 18.5. The van der Waals surface area contributed by atoms with Crippen LogP contribution in [0.25, 0.3) is 6.08 Å². The molecule has 6 nitrogen and oxygen atoms in total. The van der Waals surface area contributed by atoms with Crippen molar-refractivity contribution in [2.45, 2.75) is 19.4 Å². The number of nitrogens with zero attached hydrogens (tertiary/aromatic N) is 3. The van der Waals surface area contributed by atoms with Crippen LogP contribution in [0.15, 0.2) is 75.2 Å². The summed E-state index contributed by atoms with van der Waals surface area (Å²) in [7, 11) is 1.61. The highest BCUT2D eigenvalue weighted by Gasteiger charge is 2.34. The second-order valence-corrected chi connectivity index (χ2v) is 9.09. The van der Waals surface area contributed by atoms with Crippen molar-refractivity contribution in [3.8, 4) is 5.75 Å². The summed E-state index contributed by atoms with van der Waals surface area (Å²) in [6.45, 7) is 2.00. The highest BCUT2D eigenvalue weighted by atomic mass is 32.2. The molecule has 3 heterocycles. The lowest BCUT2D eigenvalue weighted by molar-refractivity contribution is -0.122. The summed E-state index contributed by atoms with van der Waals surface area (Å²) >= 11 is 1.27. The summed E-state index contributed by atoms with van der Waals surface area (Å²) in [6, 6.07) is 16.0. The average Bonchev–Trinajstić information content (AvgIpc) is 3.60. The summed E-state index contributed by atoms with van der Waals surface area (Å²) in [5, 5.41) is 0.534. The number of rotatable bonds is 6. The number of benzene rings is 2. The molecular formula is C26H24FN3O3S. The van der Waals surface area contributed by atoms with Gasteiger partial charge in [-0.3, -0.25) is 9.69 Å². The third kappa shape index (κ3) is 4.72. The summed E-state index contributed by atoms with van der Waals surface area (Å²) in [5.74, 6) is 0.911. The Hall–Kier alpha value is -3.52. The summed E-state index contributed by atoms with van der Waals surface area (Å²) < 4.78 is 25.5. The van der Waals surface area contributed by atoms with Gasteiger partial charge in [0, 0.05) is 13.1 Å². The van der Waals surface area contributed by atoms with Gasteiger partial charge >= 0.3 is 0 Å². The molecule has 1 amide bonds. The molecule has 3 aromatic rings. The van der Waals surface area contributed by atoms with Crippen LogP contribution in [0.4, 0.5) is 15.8 Å². The minimum Gasteiger partial charge on any atom is -0.497 e. The molecule has 5 rings (SSSR count). The lowest BCUT2D eigenvalue weighted by Crippen LogP contribution is -2.28. The Morgan fingerprint density at radius 3 is 2.62 bits per heavy atom. The number of furan rings is 1. The second kappa shape index (κ2) is 9.77. The summed E-state index contributed by atoms with van der Waals surface area (Å²) in [4.78, 5) is 22.1. The second-order valence-electron chi connectivity index (χ2n) is 8.08. The van der Waals surface area contributed by atoms with E-state index in [-0.39, 0.29) is 18.3 Å². The number of hydrogen-bond acceptors (Lipinski definition) is 6. The summed E-state index contributed by atoms with van der Waals surface area (Å²) in [6.07, 6.45) is 5.46. The highest BCUT2D eigenvalue weighted by molar-refractivity contribution is 8.18. The number of amidine groups is 1. The fourth-order valence-corrected chi connectivity index (χ4v) is 5.03. The van der Waals surface area contributed by atoms with Crippen molar-refractivity contribution in [1.29, 1.82) is 0 Å². The van der Waals surface area contributed by atoms with Gasteiger partial charge in [0.05, 0.1) is 36.2 Å². The number of halogens is 1. The first-order chi connectivity index (χ1) is 16.6. The fourth-order valence-electron chi connectivity index (χ4n) is 4.04. The van der Waals surface area contributed by atoms with Gasteiger partial charge in [-0.2, -0.15) is 0 Å². The van der Waals surface area contributed by atoms with E-state index >= 15 is 0 Å². The van der Waals surface area contributed by atoms with Gasteiger partial charge in [0.15, 0.2) is 5.17 Å². The number of anilines is 1. The molecule has 2 fully saturated rings. The molecule has 2 aliphatic rings. The van der Waals surface area contributed by atoms with Gasteiger partial charge in [0.2, 0.25) is 0 Å². The topological polar surface area (TPSA) is 58.3 Å². The van der Waals surface area contributed by atoms with Crippen LogP contribution in [0.5, 0.6) is 5.75 Å². The lowest BCUT2D eigenvalue weighted by Gasteiger charge is -2.18. The van der Waals surface area contributed by atoms with E-state index < -0.39 is 0 Å². The van der Waals surface area contributed by atoms with Crippen molar-refractivity contribution in [3.63, 3.8) is 0 Å². The molecule has 2 saturated heterocycles. The van der Waals surface area contributed by atoms with E-state index in [2.05, 4.69) is 9.89 Å². The van der Waals surface area contributed by atoms with E-state index in [9.17, 15) is 9.18 Å². The van der Waals surface area contributed by atoms with Crippen molar-refractivity contribution in [3.05, 3.63) is 82.9 Å². The molecule has 2 aliphatic heterocycles. The molecule has 1 aromatic heterocycles. The van der Waals surface area contributed by atoms with E-state index in [1.54, 1.807) is 36.5 Å². The summed E-state index contributed by atoms with van der Waals surface area (Å²) in [5.41, 5.74) is 1.95. The maximum atomic E-state index is 14.8. The molecule has 34 heavy (non-hydrogen) atoms. The zero-order valence-electron chi connectivity index (χ0n) is 18.7. The molecule has 0 aliphatic carbocycles. The van der Waals surface area contributed by atoms with Gasteiger partial charge in [-0.05, 0) is 84.8 Å². The molecule has 0 bridgehead atoms. The Balaban J connectivity index is 1.44. The van der Waals surface area contributed by atoms with Crippen molar-refractivity contribution in [2.24, 2.45) is 4.99 Å².